The molecule has 23 heavy (non-hydrogen) atoms. The zero-order valence-electron chi connectivity index (χ0n) is 14.1. The van der Waals surface area contributed by atoms with Crippen molar-refractivity contribution >= 4 is 5.91 Å². The van der Waals surface area contributed by atoms with Gasteiger partial charge in [0.05, 0.1) is 19.3 Å². The lowest BCUT2D eigenvalue weighted by Gasteiger charge is -2.19. The average Bonchev–Trinajstić information content (AvgIpc) is 2.48. The summed E-state index contributed by atoms with van der Waals surface area (Å²) in [5.74, 6) is 0.520. The van der Waals surface area contributed by atoms with E-state index < -0.39 is 0 Å². The molecule has 0 bridgehead atoms. The molecule has 0 spiro atoms. The maximum absolute atomic E-state index is 12.5. The first kappa shape index (κ1) is 16.7. The molecule has 0 atom stereocenters. The highest BCUT2D eigenvalue weighted by Crippen LogP contribution is 2.24. The molecule has 1 N–H and O–H groups in total. The van der Waals surface area contributed by atoms with Crippen LogP contribution in [0.2, 0.25) is 0 Å². The molecule has 0 saturated heterocycles. The molecule has 0 unspecified atom stereocenters. The maximum Gasteiger partial charge on any atom is 0.270 e. The Morgan fingerprint density at radius 3 is 2.61 bits per heavy atom. The predicted octanol–water partition coefficient (Wildman–Crippen LogP) is 1.98. The topological polar surface area (TPSA) is 75.3 Å². The number of nitrogens with zero attached hydrogens (tertiary/aromatic N) is 2. The molecule has 122 valence electrons. The van der Waals surface area contributed by atoms with Gasteiger partial charge in [-0.3, -0.25) is 14.6 Å². The summed E-state index contributed by atoms with van der Waals surface area (Å²) in [7, 11) is 3.29. The van der Waals surface area contributed by atoms with Crippen LogP contribution in [0, 0.1) is 20.8 Å². The van der Waals surface area contributed by atoms with E-state index >= 15 is 0 Å². The van der Waals surface area contributed by atoms with Crippen LogP contribution < -0.4 is 10.3 Å². The first-order valence-corrected chi connectivity index (χ1v) is 7.29. The summed E-state index contributed by atoms with van der Waals surface area (Å²) >= 11 is 0. The van der Waals surface area contributed by atoms with E-state index in [9.17, 15) is 9.59 Å². The second-order valence-electron chi connectivity index (χ2n) is 5.64. The zero-order valence-corrected chi connectivity index (χ0v) is 14.1. The number of hydrogen-bond acceptors (Lipinski definition) is 4. The Bertz CT molecular complexity index is 796. The standard InChI is InChI=1S/C17H21N3O3/c1-10-6-13(19-15(21)7-10)17(22)20(4)9-14-12(3)16(23-5)11(2)8-18-14/h6-8H,9H2,1-5H3,(H,19,21). The van der Waals surface area contributed by atoms with Crippen molar-refractivity contribution in [1.82, 2.24) is 14.9 Å². The third kappa shape index (κ3) is 3.59. The summed E-state index contributed by atoms with van der Waals surface area (Å²) in [6.45, 7) is 5.95. The van der Waals surface area contributed by atoms with Crippen LogP contribution in [0.25, 0.3) is 0 Å². The Balaban J connectivity index is 2.27. The largest absolute Gasteiger partial charge is 0.496 e. The van der Waals surface area contributed by atoms with Crippen molar-refractivity contribution < 1.29 is 9.53 Å². The summed E-state index contributed by atoms with van der Waals surface area (Å²) in [6.07, 6.45) is 1.73. The highest BCUT2D eigenvalue weighted by molar-refractivity contribution is 5.92. The average molecular weight is 315 g/mol. The van der Waals surface area contributed by atoms with Gasteiger partial charge in [-0.2, -0.15) is 0 Å². The van der Waals surface area contributed by atoms with E-state index in [-0.39, 0.29) is 17.2 Å². The highest BCUT2D eigenvalue weighted by atomic mass is 16.5. The van der Waals surface area contributed by atoms with Crippen LogP contribution in [0.15, 0.2) is 23.1 Å². The van der Waals surface area contributed by atoms with E-state index in [1.54, 1.807) is 33.3 Å². The summed E-state index contributed by atoms with van der Waals surface area (Å²) in [4.78, 5) is 32.5. The van der Waals surface area contributed by atoms with Crippen LogP contribution in [0.3, 0.4) is 0 Å². The van der Waals surface area contributed by atoms with E-state index in [0.717, 1.165) is 28.1 Å². The lowest BCUT2D eigenvalue weighted by atomic mass is 10.1. The van der Waals surface area contributed by atoms with E-state index in [0.29, 0.717) is 6.54 Å². The van der Waals surface area contributed by atoms with Crippen LogP contribution in [-0.4, -0.2) is 34.9 Å². The van der Waals surface area contributed by atoms with Gasteiger partial charge >= 0.3 is 0 Å². The van der Waals surface area contributed by atoms with Gasteiger partial charge in [-0.15, -0.1) is 0 Å². The van der Waals surface area contributed by atoms with Gasteiger partial charge in [-0.1, -0.05) is 0 Å². The zero-order chi connectivity index (χ0) is 17.1. The number of aromatic amines is 1. The first-order chi connectivity index (χ1) is 10.8. The number of amides is 1. The van der Waals surface area contributed by atoms with E-state index in [1.807, 2.05) is 13.8 Å². The number of ether oxygens (including phenoxy) is 1. The van der Waals surface area contributed by atoms with Gasteiger partial charge in [0.1, 0.15) is 11.4 Å². The molecule has 2 aromatic rings. The minimum absolute atomic E-state index is 0.258. The Labute approximate surface area is 135 Å². The van der Waals surface area contributed by atoms with Gasteiger partial charge in [0.15, 0.2) is 0 Å². The Kier molecular flexibility index (Phi) is 4.83. The van der Waals surface area contributed by atoms with Crippen LogP contribution in [-0.2, 0) is 6.54 Å². The van der Waals surface area contributed by atoms with Gasteiger partial charge in [0, 0.05) is 30.4 Å². The van der Waals surface area contributed by atoms with E-state index in [4.69, 9.17) is 4.74 Å². The quantitative estimate of drug-likeness (QED) is 0.936. The molecule has 0 radical (unpaired) electrons. The smallest absolute Gasteiger partial charge is 0.270 e. The number of aryl methyl sites for hydroxylation is 2. The van der Waals surface area contributed by atoms with E-state index in [2.05, 4.69) is 9.97 Å². The second-order valence-corrected chi connectivity index (χ2v) is 5.64. The molecule has 2 heterocycles. The van der Waals surface area contributed by atoms with Gasteiger partial charge in [-0.25, -0.2) is 0 Å². The molecule has 0 aliphatic heterocycles. The van der Waals surface area contributed by atoms with Crippen LogP contribution in [0.5, 0.6) is 5.75 Å². The van der Waals surface area contributed by atoms with Gasteiger partial charge < -0.3 is 14.6 Å². The third-order valence-corrected chi connectivity index (χ3v) is 3.70. The summed E-state index contributed by atoms with van der Waals surface area (Å²) in [6, 6.07) is 3.11. The van der Waals surface area contributed by atoms with Crippen LogP contribution >= 0.6 is 0 Å². The van der Waals surface area contributed by atoms with Crippen molar-refractivity contribution in [1.29, 1.82) is 0 Å². The van der Waals surface area contributed by atoms with Gasteiger partial charge in [-0.05, 0) is 32.4 Å². The second kappa shape index (κ2) is 6.64. The van der Waals surface area contributed by atoms with Crippen molar-refractivity contribution in [3.05, 3.63) is 56.8 Å². The number of H-pyrrole nitrogens is 1. The molecule has 0 aromatic carbocycles. The lowest BCUT2D eigenvalue weighted by molar-refractivity contribution is 0.0777. The van der Waals surface area contributed by atoms with Crippen molar-refractivity contribution in [3.8, 4) is 5.75 Å². The molecule has 0 aliphatic carbocycles. The molecule has 2 aromatic heterocycles. The molecule has 0 aliphatic rings. The fourth-order valence-electron chi connectivity index (χ4n) is 2.53. The number of pyridine rings is 2. The Morgan fingerprint density at radius 1 is 1.30 bits per heavy atom. The number of carbonyl (C=O) groups excluding carboxylic acids is 1. The number of nitrogens with one attached hydrogen (secondary N) is 1. The van der Waals surface area contributed by atoms with E-state index in [1.165, 1.54) is 11.0 Å². The number of aromatic nitrogens is 2. The summed E-state index contributed by atoms with van der Waals surface area (Å²) < 4.78 is 5.38. The molecular weight excluding hydrogens is 294 g/mol. The Hall–Kier alpha value is -2.63. The monoisotopic (exact) mass is 315 g/mol. The van der Waals surface area contributed by atoms with Gasteiger partial charge in [0.2, 0.25) is 5.56 Å². The van der Waals surface area contributed by atoms with Gasteiger partial charge in [0.25, 0.3) is 5.91 Å². The number of methoxy groups -OCH3 is 1. The molecule has 0 fully saturated rings. The fraction of sp³-hybridized carbons (Fsp3) is 0.353. The Morgan fingerprint density at radius 2 is 2.00 bits per heavy atom. The molecule has 0 saturated carbocycles. The number of hydrogen-bond donors (Lipinski definition) is 1. The predicted molar refractivity (Wildman–Crippen MR) is 87.9 cm³/mol. The fourth-order valence-corrected chi connectivity index (χ4v) is 2.53. The highest BCUT2D eigenvalue weighted by Gasteiger charge is 2.17. The SMILES string of the molecule is COc1c(C)cnc(CN(C)C(=O)c2cc(C)cc(=O)[nH]2)c1C. The summed E-state index contributed by atoms with van der Waals surface area (Å²) in [5.41, 5.74) is 3.35. The first-order valence-electron chi connectivity index (χ1n) is 7.29. The van der Waals surface area contributed by atoms with Crippen LogP contribution in [0.1, 0.15) is 32.9 Å². The molecule has 6 nitrogen and oxygen atoms in total. The molecular formula is C17H21N3O3. The minimum atomic E-state index is -0.284. The molecule has 6 heteroatoms. The van der Waals surface area contributed by atoms with Crippen molar-refractivity contribution in [3.63, 3.8) is 0 Å². The lowest BCUT2D eigenvalue weighted by Crippen LogP contribution is -2.29. The molecule has 2 rings (SSSR count). The normalized spacial score (nSPS) is 10.5. The van der Waals surface area contributed by atoms with Crippen molar-refractivity contribution in [2.24, 2.45) is 0 Å². The number of rotatable bonds is 4. The maximum atomic E-state index is 12.5. The van der Waals surface area contributed by atoms with Crippen molar-refractivity contribution in [2.75, 3.05) is 14.2 Å². The number of carbonyl (C=O) groups is 1. The third-order valence-electron chi connectivity index (χ3n) is 3.70. The van der Waals surface area contributed by atoms with Crippen LogP contribution in [0.4, 0.5) is 0 Å². The summed E-state index contributed by atoms with van der Waals surface area (Å²) in [5, 5.41) is 0. The minimum Gasteiger partial charge on any atom is -0.496 e. The van der Waals surface area contributed by atoms with Crippen molar-refractivity contribution in [2.45, 2.75) is 27.3 Å². The molecule has 1 amide bonds.